The van der Waals surface area contributed by atoms with Gasteiger partial charge in [-0.15, -0.1) is 11.3 Å². The number of esters is 1. The molecule has 1 saturated heterocycles. The summed E-state index contributed by atoms with van der Waals surface area (Å²) < 4.78 is 44.5. The number of methoxy groups -OCH3 is 2. The fourth-order valence-electron chi connectivity index (χ4n) is 4.25. The maximum Gasteiger partial charge on any atom is 0.349 e. The number of rotatable bonds is 10. The van der Waals surface area contributed by atoms with Gasteiger partial charge in [-0.1, -0.05) is 42.0 Å². The van der Waals surface area contributed by atoms with Crippen molar-refractivity contribution in [3.05, 3.63) is 81.5 Å². The van der Waals surface area contributed by atoms with E-state index in [4.69, 9.17) is 14.2 Å². The fourth-order valence-corrected chi connectivity index (χ4v) is 6.98. The average molecular weight is 545 g/mol. The van der Waals surface area contributed by atoms with Crippen LogP contribution in [0.5, 0.6) is 5.75 Å². The van der Waals surface area contributed by atoms with Crippen molar-refractivity contribution in [1.29, 1.82) is 0 Å². The molecule has 0 N–H and O–H groups in total. The third-order valence-corrected chi connectivity index (χ3v) is 9.38. The second kappa shape index (κ2) is 12.2. The molecule has 0 bridgehead atoms. The van der Waals surface area contributed by atoms with E-state index in [1.54, 1.807) is 12.5 Å². The summed E-state index contributed by atoms with van der Waals surface area (Å²) in [6.45, 7) is 4.86. The van der Waals surface area contributed by atoms with E-state index in [1.165, 1.54) is 23.0 Å². The number of ether oxygens (including phenoxy) is 3. The lowest BCUT2D eigenvalue weighted by Gasteiger charge is -2.35. The first-order valence-electron chi connectivity index (χ1n) is 12.0. The van der Waals surface area contributed by atoms with Crippen LogP contribution in [-0.4, -0.2) is 70.5 Å². The molecule has 2 heterocycles. The third-order valence-electron chi connectivity index (χ3n) is 6.41. The molecule has 37 heavy (non-hydrogen) atoms. The normalized spacial score (nSPS) is 15.9. The van der Waals surface area contributed by atoms with Gasteiger partial charge < -0.3 is 14.2 Å². The van der Waals surface area contributed by atoms with Crippen LogP contribution in [0.2, 0.25) is 0 Å². The molecule has 0 unspecified atom stereocenters. The number of sulfonamides is 1. The van der Waals surface area contributed by atoms with E-state index in [9.17, 15) is 13.2 Å². The molecule has 3 aromatic rings. The summed E-state index contributed by atoms with van der Waals surface area (Å²) in [5.41, 5.74) is 3.29. The Bertz CT molecular complexity index is 1300. The highest BCUT2D eigenvalue weighted by molar-refractivity contribution is 7.89. The minimum Gasteiger partial charge on any atom is -0.497 e. The first-order chi connectivity index (χ1) is 17.8. The summed E-state index contributed by atoms with van der Waals surface area (Å²) in [5.74, 6) is 0.119. The monoisotopic (exact) mass is 544 g/mol. The Hall–Kier alpha value is -2.76. The van der Waals surface area contributed by atoms with Gasteiger partial charge in [0.2, 0.25) is 10.0 Å². The van der Waals surface area contributed by atoms with Gasteiger partial charge in [-0.3, -0.25) is 4.90 Å². The second-order valence-electron chi connectivity index (χ2n) is 8.87. The van der Waals surface area contributed by atoms with Gasteiger partial charge in [-0.05, 0) is 41.6 Å². The molecule has 8 nitrogen and oxygen atoms in total. The van der Waals surface area contributed by atoms with Crippen molar-refractivity contribution in [2.75, 3.05) is 46.9 Å². The molecular weight excluding hydrogens is 512 g/mol. The van der Waals surface area contributed by atoms with Crippen LogP contribution in [-0.2, 0) is 26.1 Å². The molecule has 1 aliphatic rings. The lowest BCUT2D eigenvalue weighted by Crippen LogP contribution is -2.49. The largest absolute Gasteiger partial charge is 0.497 e. The third kappa shape index (κ3) is 6.58. The molecule has 0 spiro atoms. The molecular formula is C27H32N2O6S2. The molecule has 0 aliphatic carbocycles. The van der Waals surface area contributed by atoms with E-state index in [0.717, 1.165) is 28.2 Å². The summed E-state index contributed by atoms with van der Waals surface area (Å²) in [6, 6.07) is 17.6. The molecule has 4 rings (SSSR count). The predicted molar refractivity (Wildman–Crippen MR) is 143 cm³/mol. The zero-order valence-electron chi connectivity index (χ0n) is 21.3. The standard InChI is InChI=1S/C27H32N2O6S2/c1-20-7-9-21(10-8-20)19-35-24(22-5-4-6-23(17-22)33-2)18-28-12-14-29(15-13-28)37(31,32)25-11-16-36-26(25)27(30)34-3/h4-11,16-17,24H,12-15,18-19H2,1-3H3/t24-/m0/s1. The molecule has 198 valence electrons. The lowest BCUT2D eigenvalue weighted by atomic mass is 10.1. The van der Waals surface area contributed by atoms with Crippen LogP contribution in [0.25, 0.3) is 0 Å². The maximum atomic E-state index is 13.3. The average Bonchev–Trinajstić information content (AvgIpc) is 3.43. The Morgan fingerprint density at radius 3 is 2.43 bits per heavy atom. The molecule has 10 heteroatoms. The Labute approximate surface area is 222 Å². The van der Waals surface area contributed by atoms with E-state index in [1.807, 2.05) is 24.3 Å². The van der Waals surface area contributed by atoms with Crippen LogP contribution < -0.4 is 4.74 Å². The lowest BCUT2D eigenvalue weighted by molar-refractivity contribution is 0.00762. The van der Waals surface area contributed by atoms with E-state index < -0.39 is 16.0 Å². The van der Waals surface area contributed by atoms with Crippen LogP contribution in [0, 0.1) is 6.92 Å². The van der Waals surface area contributed by atoms with Crippen LogP contribution in [0.15, 0.2) is 64.9 Å². The molecule has 0 saturated carbocycles. The highest BCUT2D eigenvalue weighted by Crippen LogP contribution is 2.28. The van der Waals surface area contributed by atoms with Gasteiger partial charge in [0.05, 0.1) is 26.9 Å². The van der Waals surface area contributed by atoms with E-state index >= 15 is 0 Å². The van der Waals surface area contributed by atoms with Gasteiger partial charge in [-0.25, -0.2) is 13.2 Å². The molecule has 1 aromatic heterocycles. The molecule has 0 radical (unpaired) electrons. The summed E-state index contributed by atoms with van der Waals surface area (Å²) in [4.78, 5) is 14.4. The van der Waals surface area contributed by atoms with Crippen molar-refractivity contribution in [2.45, 2.75) is 24.5 Å². The fraction of sp³-hybridized carbons (Fsp3) is 0.370. The number of hydrogen-bond donors (Lipinski definition) is 0. The highest BCUT2D eigenvalue weighted by atomic mass is 32.2. The Morgan fingerprint density at radius 1 is 1.03 bits per heavy atom. The SMILES string of the molecule is COC(=O)c1sccc1S(=O)(=O)N1CCN(C[C@H](OCc2ccc(C)cc2)c2cccc(OC)c2)CC1. The number of aryl methyl sites for hydroxylation is 1. The van der Waals surface area contributed by atoms with Crippen LogP contribution in [0.3, 0.4) is 0 Å². The zero-order valence-corrected chi connectivity index (χ0v) is 22.9. The summed E-state index contributed by atoms with van der Waals surface area (Å²) in [7, 11) is -0.913. The van der Waals surface area contributed by atoms with E-state index in [-0.39, 0.29) is 15.9 Å². The number of hydrogen-bond acceptors (Lipinski definition) is 8. The van der Waals surface area contributed by atoms with E-state index in [2.05, 4.69) is 36.1 Å². The van der Waals surface area contributed by atoms with Gasteiger partial charge in [0.15, 0.2) is 0 Å². The molecule has 1 atom stereocenters. The Balaban J connectivity index is 1.44. The van der Waals surface area contributed by atoms with Gasteiger partial charge in [0.25, 0.3) is 0 Å². The van der Waals surface area contributed by atoms with Gasteiger partial charge >= 0.3 is 5.97 Å². The van der Waals surface area contributed by atoms with Crippen molar-refractivity contribution in [2.24, 2.45) is 0 Å². The van der Waals surface area contributed by atoms with Gasteiger partial charge in [0, 0.05) is 32.7 Å². The number of piperazine rings is 1. The van der Waals surface area contributed by atoms with Crippen LogP contribution >= 0.6 is 11.3 Å². The first kappa shape index (κ1) is 27.3. The first-order valence-corrected chi connectivity index (χ1v) is 14.3. The number of benzene rings is 2. The zero-order chi connectivity index (χ0) is 26.4. The molecule has 1 fully saturated rings. The van der Waals surface area contributed by atoms with Crippen molar-refractivity contribution >= 4 is 27.3 Å². The highest BCUT2D eigenvalue weighted by Gasteiger charge is 2.33. The van der Waals surface area contributed by atoms with Crippen molar-refractivity contribution in [3.8, 4) is 5.75 Å². The van der Waals surface area contributed by atoms with Crippen LogP contribution in [0.4, 0.5) is 0 Å². The summed E-state index contributed by atoms with van der Waals surface area (Å²) in [6.07, 6.45) is -0.220. The number of carbonyl (C=O) groups excluding carboxylic acids is 1. The van der Waals surface area contributed by atoms with Crippen molar-refractivity contribution in [3.63, 3.8) is 0 Å². The quantitative estimate of drug-likeness (QED) is 0.355. The summed E-state index contributed by atoms with van der Waals surface area (Å²) in [5, 5.41) is 1.60. The van der Waals surface area contributed by atoms with Crippen molar-refractivity contribution in [1.82, 2.24) is 9.21 Å². The van der Waals surface area contributed by atoms with E-state index in [0.29, 0.717) is 39.3 Å². The molecule has 0 amide bonds. The number of carbonyl (C=O) groups is 1. The topological polar surface area (TPSA) is 85.4 Å². The minimum absolute atomic E-state index is 0.00786. The number of thiophene rings is 1. The molecule has 1 aliphatic heterocycles. The summed E-state index contributed by atoms with van der Waals surface area (Å²) >= 11 is 1.07. The van der Waals surface area contributed by atoms with Gasteiger partial charge in [0.1, 0.15) is 15.5 Å². The number of nitrogens with zero attached hydrogens (tertiary/aromatic N) is 2. The van der Waals surface area contributed by atoms with Crippen molar-refractivity contribution < 1.29 is 27.4 Å². The predicted octanol–water partition coefficient (Wildman–Crippen LogP) is 4.12. The van der Waals surface area contributed by atoms with Crippen LogP contribution in [0.1, 0.15) is 32.5 Å². The molecule has 2 aromatic carbocycles. The maximum absolute atomic E-state index is 13.3. The Kier molecular flexibility index (Phi) is 8.99. The van der Waals surface area contributed by atoms with Gasteiger partial charge in [-0.2, -0.15) is 4.31 Å². The minimum atomic E-state index is -3.80. The second-order valence-corrected chi connectivity index (χ2v) is 11.7. The Morgan fingerprint density at radius 2 is 1.76 bits per heavy atom. The smallest absolute Gasteiger partial charge is 0.349 e.